The summed E-state index contributed by atoms with van der Waals surface area (Å²) in [5.41, 5.74) is 4.37. The molecule has 0 amide bonds. The number of benzene rings is 4. The zero-order chi connectivity index (χ0) is 29.2. The minimum Gasteiger partial charge on any atom is -0.485 e. The molecule has 0 atom stereocenters. The van der Waals surface area contributed by atoms with Crippen LogP contribution in [-0.2, 0) is 19.6 Å². The zero-order valence-electron chi connectivity index (χ0n) is 23.2. The van der Waals surface area contributed by atoms with Crippen molar-refractivity contribution < 1.29 is 9.13 Å². The van der Waals surface area contributed by atoms with Crippen LogP contribution in [-0.4, -0.2) is 9.55 Å². The Morgan fingerprint density at radius 1 is 0.905 bits per heavy atom. The molecule has 0 bridgehead atoms. The van der Waals surface area contributed by atoms with Crippen molar-refractivity contribution in [2.24, 2.45) is 0 Å². The Bertz CT molecular complexity index is 1950. The van der Waals surface area contributed by atoms with Gasteiger partial charge in [0, 0.05) is 21.1 Å². The first-order valence-electron chi connectivity index (χ1n) is 13.7. The van der Waals surface area contributed by atoms with Crippen molar-refractivity contribution in [3.8, 4) is 27.6 Å². The van der Waals surface area contributed by atoms with Crippen LogP contribution < -0.4 is 10.3 Å². The van der Waals surface area contributed by atoms with E-state index in [1.165, 1.54) is 6.07 Å². The van der Waals surface area contributed by atoms with Crippen LogP contribution in [0.1, 0.15) is 22.4 Å². The van der Waals surface area contributed by atoms with Gasteiger partial charge in [-0.05, 0) is 72.7 Å². The van der Waals surface area contributed by atoms with Crippen molar-refractivity contribution in [2.75, 3.05) is 0 Å². The minimum absolute atomic E-state index is 0.0709. The summed E-state index contributed by atoms with van der Waals surface area (Å²) in [5, 5.41) is 1.66. The van der Waals surface area contributed by atoms with E-state index in [-0.39, 0.29) is 17.9 Å². The number of para-hydroxylation sites is 1. The lowest BCUT2D eigenvalue weighted by molar-refractivity contribution is 0.291. The van der Waals surface area contributed by atoms with E-state index in [0.29, 0.717) is 40.6 Å². The topological polar surface area (TPSA) is 44.1 Å². The Labute approximate surface area is 252 Å². The Morgan fingerprint density at radius 2 is 1.62 bits per heavy atom. The smallest absolute Gasteiger partial charge is 0.262 e. The Kier molecular flexibility index (Phi) is 7.92. The third-order valence-electron chi connectivity index (χ3n) is 7.38. The van der Waals surface area contributed by atoms with Crippen molar-refractivity contribution >= 4 is 33.0 Å². The highest BCUT2D eigenvalue weighted by molar-refractivity contribution is 7.22. The molecule has 6 rings (SSSR count). The highest BCUT2D eigenvalue weighted by Crippen LogP contribution is 2.40. The van der Waals surface area contributed by atoms with E-state index in [1.807, 2.05) is 92.7 Å². The molecule has 0 saturated heterocycles. The molecule has 0 radical (unpaired) electrons. The number of fused-ring (bicyclic) bond motifs is 1. The van der Waals surface area contributed by atoms with Crippen molar-refractivity contribution in [2.45, 2.75) is 33.4 Å². The molecule has 0 fully saturated rings. The molecule has 0 aliphatic heterocycles. The fourth-order valence-electron chi connectivity index (χ4n) is 5.21. The first-order chi connectivity index (χ1) is 20.4. The zero-order valence-corrected chi connectivity index (χ0v) is 24.8. The summed E-state index contributed by atoms with van der Waals surface area (Å²) >= 11 is 7.85. The van der Waals surface area contributed by atoms with Gasteiger partial charge in [0.2, 0.25) is 0 Å². The molecule has 4 aromatic carbocycles. The number of thiophene rings is 1. The van der Waals surface area contributed by atoms with Gasteiger partial charge in [0.15, 0.2) is 11.6 Å². The number of nitrogens with zero attached hydrogens (tertiary/aromatic N) is 2. The Morgan fingerprint density at radius 3 is 2.36 bits per heavy atom. The molecule has 0 aliphatic rings. The molecule has 2 heterocycles. The highest BCUT2D eigenvalue weighted by Gasteiger charge is 2.24. The molecular formula is C35H28ClFN2O2S. The van der Waals surface area contributed by atoms with E-state index in [4.69, 9.17) is 21.3 Å². The molecule has 0 aliphatic carbocycles. The Balaban J connectivity index is 1.51. The molecule has 7 heteroatoms. The second-order valence-electron chi connectivity index (χ2n) is 10.2. The van der Waals surface area contributed by atoms with Crippen molar-refractivity contribution in [1.82, 2.24) is 9.55 Å². The molecule has 0 spiro atoms. The number of aromatic nitrogens is 2. The predicted molar refractivity (Wildman–Crippen MR) is 170 cm³/mol. The normalized spacial score (nSPS) is 11.2. The maximum Gasteiger partial charge on any atom is 0.262 e. The monoisotopic (exact) mass is 594 g/mol. The van der Waals surface area contributed by atoms with Gasteiger partial charge in [-0.3, -0.25) is 9.36 Å². The third-order valence-corrected chi connectivity index (χ3v) is 8.90. The summed E-state index contributed by atoms with van der Waals surface area (Å²) in [6.07, 6.45) is 0.606. The standard InChI is InChI=1S/C35H28ClFN2O2S/c1-22-28-20-26(36)16-17-30(28)42-33(22)31-23(2)38-34(39(35(31)40)19-18-24-10-5-3-6-11-24)27-14-9-15-29(37)32(27)41-21-25-12-7-4-8-13-25/h3-17,20H,18-19,21H2,1-2H3. The summed E-state index contributed by atoms with van der Waals surface area (Å²) in [5.74, 6) is -0.0608. The number of rotatable bonds is 8. The van der Waals surface area contributed by atoms with Gasteiger partial charge in [-0.1, -0.05) is 78.3 Å². The molecule has 42 heavy (non-hydrogen) atoms. The summed E-state index contributed by atoms with van der Waals surface area (Å²) in [4.78, 5) is 20.3. The van der Waals surface area contributed by atoms with Crippen molar-refractivity contribution in [3.05, 3.63) is 141 Å². The van der Waals surface area contributed by atoms with Gasteiger partial charge < -0.3 is 4.74 Å². The number of hydrogen-bond donors (Lipinski definition) is 0. The predicted octanol–water partition coefficient (Wildman–Crippen LogP) is 9.02. The van der Waals surface area contributed by atoms with Crippen LogP contribution in [0.3, 0.4) is 0 Å². The second kappa shape index (κ2) is 11.9. The summed E-state index contributed by atoms with van der Waals surface area (Å²) < 4.78 is 24.1. The van der Waals surface area contributed by atoms with E-state index in [9.17, 15) is 4.79 Å². The fourth-order valence-corrected chi connectivity index (χ4v) is 6.66. The number of halogens is 2. The van der Waals surface area contributed by atoms with E-state index in [0.717, 1.165) is 31.7 Å². The van der Waals surface area contributed by atoms with Crippen LogP contribution in [0.25, 0.3) is 31.9 Å². The van der Waals surface area contributed by atoms with Gasteiger partial charge in [-0.15, -0.1) is 11.3 Å². The number of ether oxygens (including phenoxy) is 1. The number of aryl methyl sites for hydroxylation is 3. The summed E-state index contributed by atoms with van der Waals surface area (Å²) in [7, 11) is 0. The molecule has 0 saturated carbocycles. The van der Waals surface area contributed by atoms with Gasteiger partial charge >= 0.3 is 0 Å². The maximum absolute atomic E-state index is 15.3. The van der Waals surface area contributed by atoms with Gasteiger partial charge in [0.05, 0.1) is 16.8 Å². The summed E-state index contributed by atoms with van der Waals surface area (Å²) in [6.45, 7) is 4.39. The van der Waals surface area contributed by atoms with Crippen LogP contribution in [0.4, 0.5) is 4.39 Å². The van der Waals surface area contributed by atoms with Gasteiger partial charge in [-0.25, -0.2) is 9.37 Å². The van der Waals surface area contributed by atoms with Gasteiger partial charge in [0.1, 0.15) is 12.4 Å². The molecule has 4 nitrogen and oxygen atoms in total. The molecule has 210 valence electrons. The lowest BCUT2D eigenvalue weighted by Crippen LogP contribution is -2.27. The van der Waals surface area contributed by atoms with E-state index in [1.54, 1.807) is 28.0 Å². The van der Waals surface area contributed by atoms with Gasteiger partial charge in [0.25, 0.3) is 5.56 Å². The lowest BCUT2D eigenvalue weighted by atomic mass is 10.1. The molecule has 0 N–H and O–H groups in total. The van der Waals surface area contributed by atoms with Gasteiger partial charge in [-0.2, -0.15) is 0 Å². The quantitative estimate of drug-likeness (QED) is 0.177. The third kappa shape index (κ3) is 5.48. The van der Waals surface area contributed by atoms with Crippen LogP contribution in [0.5, 0.6) is 5.75 Å². The first-order valence-corrected chi connectivity index (χ1v) is 14.9. The highest BCUT2D eigenvalue weighted by atomic mass is 35.5. The van der Waals surface area contributed by atoms with E-state index >= 15 is 4.39 Å². The summed E-state index contributed by atoms with van der Waals surface area (Å²) in [6, 6.07) is 30.1. The van der Waals surface area contributed by atoms with Crippen molar-refractivity contribution in [1.29, 1.82) is 0 Å². The SMILES string of the molecule is Cc1nc(-c2cccc(F)c2OCc2ccccc2)n(CCc2ccccc2)c(=O)c1-c1sc2ccc(Cl)cc2c1C. The average Bonchev–Trinajstić information content (AvgIpc) is 3.31. The van der Waals surface area contributed by atoms with E-state index in [2.05, 4.69) is 0 Å². The molecule has 2 aromatic heterocycles. The molecular weight excluding hydrogens is 567 g/mol. The fraction of sp³-hybridized carbons (Fsp3) is 0.143. The Hall–Kier alpha value is -4.26. The van der Waals surface area contributed by atoms with E-state index < -0.39 is 5.82 Å². The molecule has 0 unspecified atom stereocenters. The second-order valence-corrected chi connectivity index (χ2v) is 11.7. The van der Waals surface area contributed by atoms with Crippen LogP contribution in [0.2, 0.25) is 5.02 Å². The van der Waals surface area contributed by atoms with Crippen LogP contribution in [0.15, 0.2) is 102 Å². The lowest BCUT2D eigenvalue weighted by Gasteiger charge is -2.19. The first kappa shape index (κ1) is 27.9. The number of hydrogen-bond acceptors (Lipinski definition) is 4. The average molecular weight is 595 g/mol. The molecule has 6 aromatic rings. The van der Waals surface area contributed by atoms with Crippen molar-refractivity contribution in [3.63, 3.8) is 0 Å². The van der Waals surface area contributed by atoms with Crippen LogP contribution >= 0.6 is 22.9 Å². The maximum atomic E-state index is 15.3. The largest absolute Gasteiger partial charge is 0.485 e. The minimum atomic E-state index is -0.508. The van der Waals surface area contributed by atoms with Crippen LogP contribution in [0, 0.1) is 19.7 Å².